The van der Waals surface area contributed by atoms with E-state index >= 15 is 0 Å². The predicted molar refractivity (Wildman–Crippen MR) is 73.5 cm³/mol. The molecule has 2 N–H and O–H groups in total. The maximum absolute atomic E-state index is 11.8. The van der Waals surface area contributed by atoms with Crippen molar-refractivity contribution >= 4 is 5.97 Å². The Hall–Kier alpha value is -0.690. The summed E-state index contributed by atoms with van der Waals surface area (Å²) in [7, 11) is 3.75. The van der Waals surface area contributed by atoms with Crippen LogP contribution in [0.2, 0.25) is 0 Å². The number of aliphatic hydroxyl groups is 2. The second-order valence-corrected chi connectivity index (χ2v) is 6.56. The maximum Gasteiger partial charge on any atom is 0.311 e. The smallest absolute Gasteiger partial charge is 0.311 e. The fourth-order valence-corrected chi connectivity index (χ4v) is 1.69. The van der Waals surface area contributed by atoms with Crippen molar-refractivity contribution < 1.29 is 29.3 Å². The Morgan fingerprint density at radius 2 is 1.90 bits per heavy atom. The Morgan fingerprint density at radius 1 is 1.35 bits per heavy atom. The first-order chi connectivity index (χ1) is 9.00. The van der Waals surface area contributed by atoms with Gasteiger partial charge in [0.2, 0.25) is 0 Å². The van der Waals surface area contributed by atoms with Crippen molar-refractivity contribution in [2.24, 2.45) is 5.41 Å². The van der Waals surface area contributed by atoms with E-state index in [4.69, 9.17) is 9.84 Å². The third kappa shape index (κ3) is 7.79. The summed E-state index contributed by atoms with van der Waals surface area (Å²) in [6.45, 7) is 6.75. The number of esters is 1. The summed E-state index contributed by atoms with van der Waals surface area (Å²) in [5.74, 6) is -0.226. The van der Waals surface area contributed by atoms with E-state index in [0.717, 1.165) is 0 Å². The molecule has 0 radical (unpaired) electrons. The maximum atomic E-state index is 11.8. The molecular formula is C14H29NO5. The van der Waals surface area contributed by atoms with E-state index in [9.17, 15) is 15.0 Å². The minimum atomic E-state index is -1.76. The number of rotatable bonds is 9. The molecule has 0 aromatic heterocycles. The van der Waals surface area contributed by atoms with Crippen molar-refractivity contribution in [2.75, 3.05) is 33.8 Å². The average Bonchev–Trinajstić information content (AvgIpc) is 2.26. The molecule has 0 aromatic carbocycles. The number of ether oxygens (including phenoxy) is 1. The summed E-state index contributed by atoms with van der Waals surface area (Å²) in [5, 5.41) is 28.9. The van der Waals surface area contributed by atoms with Gasteiger partial charge in [-0.2, -0.15) is 0 Å². The molecule has 20 heavy (non-hydrogen) atoms. The van der Waals surface area contributed by atoms with Gasteiger partial charge in [0.15, 0.2) is 0 Å². The molecule has 0 fully saturated rings. The van der Waals surface area contributed by atoms with Crippen molar-refractivity contribution in [3.63, 3.8) is 0 Å². The molecular weight excluding hydrogens is 262 g/mol. The van der Waals surface area contributed by atoms with E-state index in [1.54, 1.807) is 0 Å². The van der Waals surface area contributed by atoms with Crippen molar-refractivity contribution in [3.05, 3.63) is 0 Å². The van der Waals surface area contributed by atoms with Gasteiger partial charge in [0, 0.05) is 0 Å². The lowest BCUT2D eigenvalue weighted by molar-refractivity contribution is -0.893. The molecule has 0 heterocycles. The van der Waals surface area contributed by atoms with Crippen LogP contribution in [0.15, 0.2) is 0 Å². The molecule has 0 saturated heterocycles. The fourth-order valence-electron chi connectivity index (χ4n) is 1.69. The van der Waals surface area contributed by atoms with Crippen LogP contribution in [0.25, 0.3) is 0 Å². The van der Waals surface area contributed by atoms with E-state index in [2.05, 4.69) is 0 Å². The van der Waals surface area contributed by atoms with Crippen LogP contribution in [0.5, 0.6) is 0 Å². The zero-order valence-corrected chi connectivity index (χ0v) is 13.3. The van der Waals surface area contributed by atoms with Gasteiger partial charge in [-0.3, -0.25) is 4.79 Å². The summed E-state index contributed by atoms with van der Waals surface area (Å²) in [6.07, 6.45) is -2.09. The number of hydrogen-bond acceptors (Lipinski definition) is 5. The molecule has 2 atom stereocenters. The molecule has 120 valence electrons. The molecule has 6 nitrogen and oxygen atoms in total. The summed E-state index contributed by atoms with van der Waals surface area (Å²) < 4.78 is 5.66. The highest BCUT2D eigenvalue weighted by Crippen LogP contribution is 2.21. The number of nitrogens with zero attached hydrogens (tertiary/aromatic N) is 1. The lowest BCUT2D eigenvalue weighted by Crippen LogP contribution is -2.49. The van der Waals surface area contributed by atoms with Crippen LogP contribution in [0.3, 0.4) is 0 Å². The zero-order valence-electron chi connectivity index (χ0n) is 13.3. The molecule has 0 spiro atoms. The Labute approximate surface area is 121 Å². The number of likely N-dealkylation sites (N-methyl/N-ethyl adjacent to an activating group) is 1. The third-order valence-electron chi connectivity index (χ3n) is 3.54. The van der Waals surface area contributed by atoms with Gasteiger partial charge in [-0.25, -0.2) is 0 Å². The Bertz CT molecular complexity index is 302. The number of carbonyl (C=O) groups is 1. The van der Waals surface area contributed by atoms with Crippen molar-refractivity contribution in [3.8, 4) is 0 Å². The standard InChI is InChI=1S/C14H29NO5/c1-6-14(2,3)13(19)20-8-7-15(4,5)10-11(16)9-12(17)18/h11-12,16-17H,6-10H2,1-5H3. The Balaban J connectivity index is 4.14. The normalized spacial score (nSPS) is 15.8. The van der Waals surface area contributed by atoms with Crippen LogP contribution in [-0.2, 0) is 9.53 Å². The second kappa shape index (κ2) is 7.93. The van der Waals surface area contributed by atoms with Gasteiger partial charge in [-0.15, -0.1) is 0 Å². The van der Waals surface area contributed by atoms with Gasteiger partial charge >= 0.3 is 5.97 Å². The van der Waals surface area contributed by atoms with Gasteiger partial charge in [0.25, 0.3) is 0 Å². The van der Waals surface area contributed by atoms with Crippen LogP contribution in [0, 0.1) is 5.41 Å². The van der Waals surface area contributed by atoms with Gasteiger partial charge in [-0.05, 0) is 33.0 Å². The quantitative estimate of drug-likeness (QED) is 0.339. The predicted octanol–water partition coefficient (Wildman–Crippen LogP) is -0.528. The number of quaternary nitrogens is 1. The largest absolute Gasteiger partial charge is 0.831 e. The number of aliphatic hydroxyl groups excluding tert-OH is 2. The van der Waals surface area contributed by atoms with Crippen LogP contribution < -0.4 is 5.11 Å². The van der Waals surface area contributed by atoms with E-state index < -0.39 is 17.8 Å². The fraction of sp³-hybridized carbons (Fsp3) is 0.929. The molecule has 0 bridgehead atoms. The molecule has 0 aliphatic rings. The first-order valence-corrected chi connectivity index (χ1v) is 7.01. The lowest BCUT2D eigenvalue weighted by atomic mass is 9.91. The molecule has 0 rings (SSSR count). The highest BCUT2D eigenvalue weighted by atomic mass is 16.5. The van der Waals surface area contributed by atoms with Crippen LogP contribution in [-0.4, -0.2) is 66.9 Å². The van der Waals surface area contributed by atoms with Gasteiger partial charge in [0.1, 0.15) is 25.8 Å². The van der Waals surface area contributed by atoms with Crippen molar-refractivity contribution in [1.29, 1.82) is 0 Å². The average molecular weight is 291 g/mol. The van der Waals surface area contributed by atoms with Gasteiger partial charge in [0.05, 0.1) is 19.5 Å². The first-order valence-electron chi connectivity index (χ1n) is 7.01. The molecule has 0 aliphatic carbocycles. The van der Waals surface area contributed by atoms with Crippen molar-refractivity contribution in [2.45, 2.75) is 46.0 Å². The monoisotopic (exact) mass is 291 g/mol. The molecule has 0 aromatic rings. The SMILES string of the molecule is CCC(C)(C)C(=O)OCC[N+](C)(C)CC(O)CC([O-])O. The Kier molecular flexibility index (Phi) is 7.65. The number of carbonyl (C=O) groups excluding carboxylic acids is 1. The third-order valence-corrected chi connectivity index (χ3v) is 3.54. The topological polar surface area (TPSA) is 89.8 Å². The minimum Gasteiger partial charge on any atom is -0.831 e. The highest BCUT2D eigenvalue weighted by Gasteiger charge is 2.28. The first kappa shape index (κ1) is 19.3. The van der Waals surface area contributed by atoms with Gasteiger partial charge in [-0.1, -0.05) is 6.92 Å². The Morgan fingerprint density at radius 3 is 2.35 bits per heavy atom. The zero-order chi connectivity index (χ0) is 16.0. The van der Waals surface area contributed by atoms with Crippen LogP contribution in [0.4, 0.5) is 0 Å². The molecule has 0 aliphatic heterocycles. The van der Waals surface area contributed by atoms with E-state index in [-0.39, 0.29) is 19.0 Å². The summed E-state index contributed by atoms with van der Waals surface area (Å²) in [4.78, 5) is 11.8. The van der Waals surface area contributed by atoms with Crippen LogP contribution in [0.1, 0.15) is 33.6 Å². The summed E-state index contributed by atoms with van der Waals surface area (Å²) >= 11 is 0. The molecule has 0 saturated carbocycles. The van der Waals surface area contributed by atoms with E-state index in [1.165, 1.54) is 0 Å². The molecule has 2 unspecified atom stereocenters. The van der Waals surface area contributed by atoms with E-state index in [0.29, 0.717) is 24.0 Å². The second-order valence-electron chi connectivity index (χ2n) is 6.56. The molecule has 0 amide bonds. The van der Waals surface area contributed by atoms with E-state index in [1.807, 2.05) is 34.9 Å². The summed E-state index contributed by atoms with van der Waals surface area (Å²) in [5.41, 5.74) is -0.483. The minimum absolute atomic E-state index is 0.190. The van der Waals surface area contributed by atoms with Crippen LogP contribution >= 0.6 is 0 Å². The summed E-state index contributed by atoms with van der Waals surface area (Å²) in [6, 6.07) is 0. The van der Waals surface area contributed by atoms with Gasteiger partial charge < -0.3 is 24.5 Å². The lowest BCUT2D eigenvalue weighted by Gasteiger charge is -2.33. The van der Waals surface area contributed by atoms with Crippen molar-refractivity contribution in [1.82, 2.24) is 0 Å². The molecule has 6 heteroatoms. The highest BCUT2D eigenvalue weighted by molar-refractivity contribution is 5.75. The number of hydrogen-bond donors (Lipinski definition) is 2.